The monoisotopic (exact) mass is 246 g/mol. The molecule has 2 heterocycles. The molecule has 2 aliphatic heterocycles. The maximum Gasteiger partial charge on any atom is 0.150 e. The highest BCUT2D eigenvalue weighted by molar-refractivity contribution is 7.91. The average Bonchev–Trinajstić information content (AvgIpc) is 2.31. The number of sulfone groups is 1. The minimum Gasteiger partial charge on any atom is -0.329 e. The summed E-state index contributed by atoms with van der Waals surface area (Å²) in [6.07, 6.45) is 5.22. The van der Waals surface area contributed by atoms with Gasteiger partial charge in [-0.2, -0.15) is 0 Å². The second-order valence-corrected chi connectivity index (χ2v) is 7.43. The fourth-order valence-electron chi connectivity index (χ4n) is 2.94. The van der Waals surface area contributed by atoms with Crippen molar-refractivity contribution in [2.45, 2.75) is 37.6 Å². The Morgan fingerprint density at radius 3 is 2.12 bits per heavy atom. The first-order chi connectivity index (χ1) is 7.58. The van der Waals surface area contributed by atoms with Crippen LogP contribution in [0, 0.1) is 0 Å². The topological polar surface area (TPSA) is 63.4 Å². The van der Waals surface area contributed by atoms with E-state index in [9.17, 15) is 8.42 Å². The van der Waals surface area contributed by atoms with Gasteiger partial charge in [0.05, 0.1) is 11.5 Å². The summed E-state index contributed by atoms with van der Waals surface area (Å²) in [7, 11) is -2.78. The molecule has 0 aromatic rings. The number of rotatable bonds is 2. The zero-order chi connectivity index (χ0) is 11.6. The molecule has 2 saturated heterocycles. The van der Waals surface area contributed by atoms with Gasteiger partial charge in [-0.3, -0.25) is 4.90 Å². The number of hydrogen-bond donors (Lipinski definition) is 1. The summed E-state index contributed by atoms with van der Waals surface area (Å²) in [5.74, 6) is 0.640. The van der Waals surface area contributed by atoms with Gasteiger partial charge < -0.3 is 5.73 Å². The Labute approximate surface area is 98.1 Å². The van der Waals surface area contributed by atoms with E-state index in [0.717, 1.165) is 25.9 Å². The standard InChI is InChI=1S/C11H22N2O2S/c12-10-11(13-6-2-1-3-7-13)4-8-16(14,15)9-5-11/h1-10,12H2. The molecule has 94 valence electrons. The van der Waals surface area contributed by atoms with Gasteiger partial charge in [-0.25, -0.2) is 8.42 Å². The predicted octanol–water partition coefficient (Wildman–Crippen LogP) is 0.378. The third-order valence-corrected chi connectivity index (χ3v) is 5.82. The van der Waals surface area contributed by atoms with E-state index in [4.69, 9.17) is 5.73 Å². The van der Waals surface area contributed by atoms with Crippen LogP contribution < -0.4 is 5.73 Å². The highest BCUT2D eigenvalue weighted by atomic mass is 32.2. The minimum atomic E-state index is -2.78. The molecular weight excluding hydrogens is 224 g/mol. The van der Waals surface area contributed by atoms with E-state index in [1.54, 1.807) is 0 Å². The van der Waals surface area contributed by atoms with E-state index < -0.39 is 9.84 Å². The number of nitrogens with two attached hydrogens (primary N) is 1. The Balaban J connectivity index is 2.08. The van der Waals surface area contributed by atoms with Crippen molar-refractivity contribution in [3.63, 3.8) is 0 Å². The van der Waals surface area contributed by atoms with Gasteiger partial charge in [0.1, 0.15) is 9.84 Å². The second-order valence-electron chi connectivity index (χ2n) is 5.13. The predicted molar refractivity (Wildman–Crippen MR) is 65.1 cm³/mol. The lowest BCUT2D eigenvalue weighted by atomic mass is 9.88. The first-order valence-electron chi connectivity index (χ1n) is 6.24. The highest BCUT2D eigenvalue weighted by Crippen LogP contribution is 2.31. The van der Waals surface area contributed by atoms with Crippen LogP contribution in [0.2, 0.25) is 0 Å². The van der Waals surface area contributed by atoms with Gasteiger partial charge in [0.25, 0.3) is 0 Å². The van der Waals surface area contributed by atoms with Crippen molar-refractivity contribution in [2.24, 2.45) is 5.73 Å². The molecule has 4 nitrogen and oxygen atoms in total. The Hall–Kier alpha value is -0.130. The average molecular weight is 246 g/mol. The van der Waals surface area contributed by atoms with Crippen molar-refractivity contribution in [1.82, 2.24) is 4.90 Å². The summed E-state index contributed by atoms with van der Waals surface area (Å²) in [5.41, 5.74) is 5.90. The van der Waals surface area contributed by atoms with Crippen LogP contribution in [0.15, 0.2) is 0 Å². The molecule has 0 unspecified atom stereocenters. The van der Waals surface area contributed by atoms with Crippen LogP contribution >= 0.6 is 0 Å². The number of nitrogens with zero attached hydrogens (tertiary/aromatic N) is 1. The summed E-state index contributed by atoms with van der Waals surface area (Å²) < 4.78 is 23.0. The summed E-state index contributed by atoms with van der Waals surface area (Å²) in [6.45, 7) is 2.79. The fourth-order valence-corrected chi connectivity index (χ4v) is 4.52. The lowest BCUT2D eigenvalue weighted by Crippen LogP contribution is -2.59. The smallest absolute Gasteiger partial charge is 0.150 e. The van der Waals surface area contributed by atoms with Crippen molar-refractivity contribution >= 4 is 9.84 Å². The van der Waals surface area contributed by atoms with Crippen LogP contribution in [-0.4, -0.2) is 50.0 Å². The molecule has 2 aliphatic rings. The molecule has 0 aromatic carbocycles. The maximum absolute atomic E-state index is 11.5. The van der Waals surface area contributed by atoms with Gasteiger partial charge in [-0.05, 0) is 38.8 Å². The van der Waals surface area contributed by atoms with Gasteiger partial charge in [0.15, 0.2) is 0 Å². The summed E-state index contributed by atoms with van der Waals surface area (Å²) >= 11 is 0. The SMILES string of the molecule is NCC1(N2CCCCC2)CCS(=O)(=O)CC1. The van der Waals surface area contributed by atoms with Crippen LogP contribution in [0.5, 0.6) is 0 Å². The Bertz CT molecular complexity index is 320. The zero-order valence-corrected chi connectivity index (χ0v) is 10.6. The van der Waals surface area contributed by atoms with E-state index in [1.165, 1.54) is 19.3 Å². The quantitative estimate of drug-likeness (QED) is 0.765. The molecule has 0 atom stereocenters. The number of likely N-dealkylation sites (tertiary alicyclic amines) is 1. The lowest BCUT2D eigenvalue weighted by molar-refractivity contribution is 0.0632. The van der Waals surface area contributed by atoms with E-state index in [-0.39, 0.29) is 5.54 Å². The summed E-state index contributed by atoms with van der Waals surface area (Å²) in [5, 5.41) is 0. The molecule has 0 spiro atoms. The van der Waals surface area contributed by atoms with Crippen molar-refractivity contribution in [3.05, 3.63) is 0 Å². The highest BCUT2D eigenvalue weighted by Gasteiger charge is 2.40. The first-order valence-corrected chi connectivity index (χ1v) is 8.06. The van der Waals surface area contributed by atoms with Crippen LogP contribution in [0.25, 0.3) is 0 Å². The van der Waals surface area contributed by atoms with Gasteiger partial charge in [-0.15, -0.1) is 0 Å². The minimum absolute atomic E-state index is 0.0221. The Morgan fingerprint density at radius 2 is 1.62 bits per heavy atom. The van der Waals surface area contributed by atoms with E-state index in [2.05, 4.69) is 4.90 Å². The fraction of sp³-hybridized carbons (Fsp3) is 1.00. The largest absolute Gasteiger partial charge is 0.329 e. The molecule has 0 aliphatic carbocycles. The number of piperidine rings is 1. The van der Waals surface area contributed by atoms with Crippen LogP contribution in [0.1, 0.15) is 32.1 Å². The molecule has 2 rings (SSSR count). The second kappa shape index (κ2) is 4.63. The van der Waals surface area contributed by atoms with Gasteiger partial charge >= 0.3 is 0 Å². The molecular formula is C11H22N2O2S. The van der Waals surface area contributed by atoms with Crippen molar-refractivity contribution in [1.29, 1.82) is 0 Å². The van der Waals surface area contributed by atoms with Crippen molar-refractivity contribution in [3.8, 4) is 0 Å². The molecule has 0 amide bonds. The number of hydrogen-bond acceptors (Lipinski definition) is 4. The lowest BCUT2D eigenvalue weighted by Gasteiger charge is -2.47. The van der Waals surface area contributed by atoms with Crippen LogP contribution in [0.4, 0.5) is 0 Å². The molecule has 0 aromatic heterocycles. The summed E-state index contributed by atoms with van der Waals surface area (Å²) in [6, 6.07) is 0. The molecule has 2 N–H and O–H groups in total. The van der Waals surface area contributed by atoms with Crippen molar-refractivity contribution in [2.75, 3.05) is 31.1 Å². The van der Waals surface area contributed by atoms with Crippen LogP contribution in [0.3, 0.4) is 0 Å². The maximum atomic E-state index is 11.5. The van der Waals surface area contributed by atoms with Crippen LogP contribution in [-0.2, 0) is 9.84 Å². The van der Waals surface area contributed by atoms with Gasteiger partial charge in [0.2, 0.25) is 0 Å². The third-order valence-electron chi connectivity index (χ3n) is 4.16. The molecule has 0 saturated carbocycles. The van der Waals surface area contributed by atoms with Gasteiger partial charge in [-0.1, -0.05) is 6.42 Å². The third kappa shape index (κ3) is 2.41. The molecule has 0 bridgehead atoms. The zero-order valence-electron chi connectivity index (χ0n) is 9.82. The molecule has 0 radical (unpaired) electrons. The van der Waals surface area contributed by atoms with Crippen molar-refractivity contribution < 1.29 is 8.42 Å². The van der Waals surface area contributed by atoms with E-state index >= 15 is 0 Å². The Morgan fingerprint density at radius 1 is 1.06 bits per heavy atom. The normalized spacial score (nSPS) is 30.1. The molecule has 5 heteroatoms. The molecule has 2 fully saturated rings. The summed E-state index contributed by atoms with van der Waals surface area (Å²) in [4.78, 5) is 2.45. The molecule has 16 heavy (non-hydrogen) atoms. The van der Waals surface area contributed by atoms with E-state index in [0.29, 0.717) is 18.1 Å². The van der Waals surface area contributed by atoms with Gasteiger partial charge in [0, 0.05) is 12.1 Å². The Kier molecular flexibility index (Phi) is 3.56. The van der Waals surface area contributed by atoms with E-state index in [1.807, 2.05) is 0 Å². The first kappa shape index (κ1) is 12.3.